The standard InChI is InChI=1S/C21H19N7O3/c1-15-20(24-25-27(15)18-8-4-9-19(12-18)28(30)31)21(29)22-13-16-6-2-3-7-17(16)14-26-11-5-10-23-26/h2-12H,13-14H2,1H3,(H,22,29). The maximum Gasteiger partial charge on any atom is 0.274 e. The Balaban J connectivity index is 1.50. The predicted molar refractivity (Wildman–Crippen MR) is 112 cm³/mol. The summed E-state index contributed by atoms with van der Waals surface area (Å²) in [6, 6.07) is 15.7. The minimum absolute atomic E-state index is 0.0628. The number of amides is 1. The minimum Gasteiger partial charge on any atom is -0.346 e. The minimum atomic E-state index is -0.482. The number of carbonyl (C=O) groups excluding carboxylic acids is 1. The number of nitrogens with zero attached hydrogens (tertiary/aromatic N) is 6. The first kappa shape index (κ1) is 20.0. The maximum atomic E-state index is 12.7. The van der Waals surface area contributed by atoms with Gasteiger partial charge in [-0.1, -0.05) is 35.5 Å². The third-order valence-electron chi connectivity index (χ3n) is 4.84. The highest BCUT2D eigenvalue weighted by atomic mass is 16.6. The van der Waals surface area contributed by atoms with Crippen molar-refractivity contribution in [1.82, 2.24) is 30.1 Å². The summed E-state index contributed by atoms with van der Waals surface area (Å²) in [5, 5.41) is 26.1. The Morgan fingerprint density at radius 1 is 1.13 bits per heavy atom. The lowest BCUT2D eigenvalue weighted by molar-refractivity contribution is -0.384. The van der Waals surface area contributed by atoms with Crippen molar-refractivity contribution >= 4 is 11.6 Å². The SMILES string of the molecule is Cc1c(C(=O)NCc2ccccc2Cn2cccn2)nnn1-c1cccc([N+](=O)[O-])c1. The van der Waals surface area contributed by atoms with Crippen molar-refractivity contribution in [3.05, 3.63) is 99.6 Å². The van der Waals surface area contributed by atoms with Crippen LogP contribution in [0.4, 0.5) is 5.69 Å². The number of carbonyl (C=O) groups is 1. The van der Waals surface area contributed by atoms with Crippen molar-refractivity contribution in [2.45, 2.75) is 20.0 Å². The van der Waals surface area contributed by atoms with E-state index in [2.05, 4.69) is 20.7 Å². The average molecular weight is 417 g/mol. The van der Waals surface area contributed by atoms with Crippen molar-refractivity contribution in [1.29, 1.82) is 0 Å². The van der Waals surface area contributed by atoms with E-state index in [9.17, 15) is 14.9 Å². The smallest absolute Gasteiger partial charge is 0.274 e. The summed E-state index contributed by atoms with van der Waals surface area (Å²) in [6.07, 6.45) is 3.60. The number of nitro groups is 1. The summed E-state index contributed by atoms with van der Waals surface area (Å²) >= 11 is 0. The summed E-state index contributed by atoms with van der Waals surface area (Å²) in [5.74, 6) is -0.372. The molecule has 2 aromatic heterocycles. The molecule has 2 heterocycles. The molecule has 4 rings (SSSR count). The molecule has 0 fully saturated rings. The molecular formula is C21H19N7O3. The normalized spacial score (nSPS) is 10.7. The number of nitro benzene ring substituents is 1. The molecule has 0 aliphatic rings. The molecule has 0 atom stereocenters. The van der Waals surface area contributed by atoms with Crippen LogP contribution < -0.4 is 5.32 Å². The van der Waals surface area contributed by atoms with E-state index in [0.29, 0.717) is 24.5 Å². The van der Waals surface area contributed by atoms with Gasteiger partial charge in [-0.25, -0.2) is 4.68 Å². The van der Waals surface area contributed by atoms with E-state index in [0.717, 1.165) is 11.1 Å². The molecular weight excluding hydrogens is 398 g/mol. The molecule has 1 amide bonds. The van der Waals surface area contributed by atoms with Gasteiger partial charge in [0.2, 0.25) is 0 Å². The Morgan fingerprint density at radius 2 is 1.94 bits per heavy atom. The van der Waals surface area contributed by atoms with E-state index in [4.69, 9.17) is 0 Å². The van der Waals surface area contributed by atoms with E-state index in [1.807, 2.05) is 41.2 Å². The zero-order valence-electron chi connectivity index (χ0n) is 16.7. The van der Waals surface area contributed by atoms with Crippen molar-refractivity contribution < 1.29 is 9.72 Å². The van der Waals surface area contributed by atoms with Gasteiger partial charge in [0.05, 0.1) is 22.8 Å². The van der Waals surface area contributed by atoms with Gasteiger partial charge >= 0.3 is 0 Å². The summed E-state index contributed by atoms with van der Waals surface area (Å²) in [6.45, 7) is 2.61. The van der Waals surface area contributed by atoms with Crippen LogP contribution in [0.5, 0.6) is 0 Å². The van der Waals surface area contributed by atoms with Gasteiger partial charge in [0.25, 0.3) is 11.6 Å². The first-order chi connectivity index (χ1) is 15.0. The second-order valence-electron chi connectivity index (χ2n) is 6.87. The summed E-state index contributed by atoms with van der Waals surface area (Å²) < 4.78 is 3.23. The molecule has 0 bridgehead atoms. The second kappa shape index (κ2) is 8.57. The molecule has 0 saturated heterocycles. The number of aromatic nitrogens is 5. The van der Waals surface area contributed by atoms with Crippen LogP contribution in [0.1, 0.15) is 27.3 Å². The van der Waals surface area contributed by atoms with Gasteiger partial charge in [0.15, 0.2) is 5.69 Å². The van der Waals surface area contributed by atoms with Gasteiger partial charge in [-0.2, -0.15) is 5.10 Å². The first-order valence-corrected chi connectivity index (χ1v) is 9.52. The van der Waals surface area contributed by atoms with Crippen LogP contribution in [0.25, 0.3) is 5.69 Å². The zero-order valence-corrected chi connectivity index (χ0v) is 16.7. The van der Waals surface area contributed by atoms with E-state index in [1.54, 1.807) is 25.3 Å². The average Bonchev–Trinajstić information content (AvgIpc) is 3.42. The third kappa shape index (κ3) is 4.32. The number of hydrogen-bond acceptors (Lipinski definition) is 6. The fourth-order valence-electron chi connectivity index (χ4n) is 3.23. The molecule has 10 heteroatoms. The lowest BCUT2D eigenvalue weighted by atomic mass is 10.1. The molecule has 156 valence electrons. The van der Waals surface area contributed by atoms with Gasteiger partial charge in [0.1, 0.15) is 0 Å². The van der Waals surface area contributed by atoms with Crippen LogP contribution in [0.2, 0.25) is 0 Å². The molecule has 0 aliphatic carbocycles. The lowest BCUT2D eigenvalue weighted by Gasteiger charge is -2.10. The molecule has 0 radical (unpaired) electrons. The van der Waals surface area contributed by atoms with Gasteiger partial charge in [0, 0.05) is 31.1 Å². The Labute approximate surface area is 177 Å². The van der Waals surface area contributed by atoms with Crippen LogP contribution in [0.3, 0.4) is 0 Å². The molecule has 31 heavy (non-hydrogen) atoms. The van der Waals surface area contributed by atoms with Crippen molar-refractivity contribution in [3.63, 3.8) is 0 Å². The van der Waals surface area contributed by atoms with Gasteiger partial charge in [-0.05, 0) is 30.2 Å². The highest BCUT2D eigenvalue weighted by Crippen LogP contribution is 2.18. The summed E-state index contributed by atoms with van der Waals surface area (Å²) in [4.78, 5) is 23.3. The Bertz CT molecular complexity index is 1230. The quantitative estimate of drug-likeness (QED) is 0.364. The number of rotatable bonds is 7. The highest BCUT2D eigenvalue weighted by molar-refractivity contribution is 5.93. The number of non-ortho nitro benzene ring substituents is 1. The molecule has 0 aliphatic heterocycles. The molecule has 0 saturated carbocycles. The van der Waals surface area contributed by atoms with Crippen LogP contribution in [-0.2, 0) is 13.1 Å². The summed E-state index contributed by atoms with van der Waals surface area (Å²) in [7, 11) is 0. The monoisotopic (exact) mass is 417 g/mol. The number of hydrogen-bond donors (Lipinski definition) is 1. The maximum absolute atomic E-state index is 12.7. The Kier molecular flexibility index (Phi) is 5.52. The van der Waals surface area contributed by atoms with Crippen LogP contribution in [-0.4, -0.2) is 35.6 Å². The molecule has 1 N–H and O–H groups in total. The Morgan fingerprint density at radius 3 is 2.68 bits per heavy atom. The van der Waals surface area contributed by atoms with Gasteiger partial charge in [-0.15, -0.1) is 5.10 Å². The third-order valence-corrected chi connectivity index (χ3v) is 4.84. The van der Waals surface area contributed by atoms with Crippen LogP contribution >= 0.6 is 0 Å². The Hall–Kier alpha value is -4.34. The van der Waals surface area contributed by atoms with Crippen molar-refractivity contribution in [2.24, 2.45) is 0 Å². The number of nitrogens with one attached hydrogen (secondary N) is 1. The fraction of sp³-hybridized carbons (Fsp3) is 0.143. The second-order valence-corrected chi connectivity index (χ2v) is 6.87. The van der Waals surface area contributed by atoms with E-state index in [-0.39, 0.29) is 17.3 Å². The van der Waals surface area contributed by atoms with Gasteiger partial charge < -0.3 is 5.32 Å². The predicted octanol–water partition coefficient (Wildman–Crippen LogP) is 2.66. The molecule has 2 aromatic carbocycles. The van der Waals surface area contributed by atoms with E-state index in [1.165, 1.54) is 16.8 Å². The van der Waals surface area contributed by atoms with Gasteiger partial charge in [-0.3, -0.25) is 19.6 Å². The fourth-order valence-corrected chi connectivity index (χ4v) is 3.23. The lowest BCUT2D eigenvalue weighted by Crippen LogP contribution is -2.25. The topological polar surface area (TPSA) is 121 Å². The van der Waals surface area contributed by atoms with Crippen molar-refractivity contribution in [3.8, 4) is 5.69 Å². The van der Waals surface area contributed by atoms with Crippen molar-refractivity contribution in [2.75, 3.05) is 0 Å². The number of benzene rings is 2. The first-order valence-electron chi connectivity index (χ1n) is 9.52. The molecule has 0 spiro atoms. The zero-order chi connectivity index (χ0) is 21.8. The summed E-state index contributed by atoms with van der Waals surface area (Å²) in [5.41, 5.74) is 3.06. The highest BCUT2D eigenvalue weighted by Gasteiger charge is 2.18. The molecule has 10 nitrogen and oxygen atoms in total. The molecule has 0 unspecified atom stereocenters. The van der Waals surface area contributed by atoms with Crippen LogP contribution in [0, 0.1) is 17.0 Å². The van der Waals surface area contributed by atoms with Crippen LogP contribution in [0.15, 0.2) is 67.0 Å². The largest absolute Gasteiger partial charge is 0.346 e. The van der Waals surface area contributed by atoms with E-state index >= 15 is 0 Å². The van der Waals surface area contributed by atoms with E-state index < -0.39 is 4.92 Å². The molecule has 4 aromatic rings.